The first kappa shape index (κ1) is 14.9. The molecular weight excluding hydrogens is 208 g/mol. The van der Waals surface area contributed by atoms with Gasteiger partial charge < -0.3 is 9.47 Å². The monoisotopic (exact) mass is 230 g/mol. The van der Waals surface area contributed by atoms with Gasteiger partial charge in [0.05, 0.1) is 12.7 Å². The van der Waals surface area contributed by atoms with Crippen LogP contribution in [0, 0.1) is 0 Å². The lowest BCUT2D eigenvalue weighted by Crippen LogP contribution is -2.11. The number of ether oxygens (including phenoxy) is 2. The molecule has 0 N–H and O–H groups in total. The second-order valence-corrected chi connectivity index (χ2v) is 3.97. The summed E-state index contributed by atoms with van der Waals surface area (Å²) >= 11 is 0. The van der Waals surface area contributed by atoms with Crippen molar-refractivity contribution in [1.29, 1.82) is 0 Å². The summed E-state index contributed by atoms with van der Waals surface area (Å²) in [6.45, 7) is 6.07. The molecule has 0 saturated heterocycles. The third-order valence-corrected chi connectivity index (χ3v) is 1.85. The molecule has 16 heavy (non-hydrogen) atoms. The van der Waals surface area contributed by atoms with E-state index in [0.717, 1.165) is 6.42 Å². The van der Waals surface area contributed by atoms with E-state index in [1.54, 1.807) is 0 Å². The molecule has 94 valence electrons. The minimum atomic E-state index is -0.197. The van der Waals surface area contributed by atoms with Crippen LogP contribution in [0.5, 0.6) is 0 Å². The standard InChI is InChI=1S/C12H22O4/c1-4-9-15-11(13)7-5-6-8-12(14)16-10(2)3/h10H,4-9H2,1-3H3. The molecule has 0 atom stereocenters. The Kier molecular flexibility index (Phi) is 8.58. The van der Waals surface area contributed by atoms with Gasteiger partial charge in [0, 0.05) is 12.8 Å². The van der Waals surface area contributed by atoms with Crippen molar-refractivity contribution in [2.24, 2.45) is 0 Å². The van der Waals surface area contributed by atoms with E-state index in [1.165, 1.54) is 0 Å². The van der Waals surface area contributed by atoms with Crippen molar-refractivity contribution in [2.75, 3.05) is 6.61 Å². The van der Waals surface area contributed by atoms with Crippen molar-refractivity contribution in [1.82, 2.24) is 0 Å². The number of hydrogen-bond donors (Lipinski definition) is 0. The fourth-order valence-corrected chi connectivity index (χ4v) is 1.15. The normalized spacial score (nSPS) is 10.2. The molecule has 0 aromatic rings. The number of hydrogen-bond acceptors (Lipinski definition) is 4. The fourth-order valence-electron chi connectivity index (χ4n) is 1.15. The van der Waals surface area contributed by atoms with Crippen LogP contribution in [0.25, 0.3) is 0 Å². The smallest absolute Gasteiger partial charge is 0.306 e. The van der Waals surface area contributed by atoms with Gasteiger partial charge in [-0.1, -0.05) is 6.92 Å². The Morgan fingerprint density at radius 1 is 1.06 bits per heavy atom. The highest BCUT2D eigenvalue weighted by Gasteiger charge is 2.06. The zero-order valence-electron chi connectivity index (χ0n) is 10.5. The van der Waals surface area contributed by atoms with Crippen LogP contribution < -0.4 is 0 Å². The molecule has 0 aromatic carbocycles. The van der Waals surface area contributed by atoms with E-state index in [0.29, 0.717) is 32.3 Å². The molecule has 0 aromatic heterocycles. The Morgan fingerprint density at radius 3 is 2.12 bits per heavy atom. The molecule has 0 amide bonds. The Hall–Kier alpha value is -1.06. The zero-order chi connectivity index (χ0) is 12.4. The maximum atomic E-state index is 11.1. The Balaban J connectivity index is 3.38. The van der Waals surface area contributed by atoms with Gasteiger partial charge in [-0.3, -0.25) is 9.59 Å². The molecule has 0 rings (SSSR count). The first-order chi connectivity index (χ1) is 7.56. The fraction of sp³-hybridized carbons (Fsp3) is 0.833. The van der Waals surface area contributed by atoms with Crippen LogP contribution >= 0.6 is 0 Å². The molecule has 0 aliphatic rings. The van der Waals surface area contributed by atoms with Gasteiger partial charge in [-0.25, -0.2) is 0 Å². The topological polar surface area (TPSA) is 52.6 Å². The SMILES string of the molecule is CCCOC(=O)CCCCC(=O)OC(C)C. The van der Waals surface area contributed by atoms with Crippen LogP contribution in [0.1, 0.15) is 52.9 Å². The van der Waals surface area contributed by atoms with Gasteiger partial charge in [0.15, 0.2) is 0 Å². The van der Waals surface area contributed by atoms with Crippen molar-refractivity contribution in [3.63, 3.8) is 0 Å². The molecule has 0 spiro atoms. The Bertz CT molecular complexity index is 211. The van der Waals surface area contributed by atoms with Crippen LogP contribution in [0.15, 0.2) is 0 Å². The van der Waals surface area contributed by atoms with E-state index in [2.05, 4.69) is 0 Å². The molecule has 4 nitrogen and oxygen atoms in total. The zero-order valence-corrected chi connectivity index (χ0v) is 10.5. The molecule has 0 radical (unpaired) electrons. The second kappa shape index (κ2) is 9.19. The highest BCUT2D eigenvalue weighted by atomic mass is 16.5. The summed E-state index contributed by atoms with van der Waals surface area (Å²) in [6.07, 6.45) is 2.88. The number of carbonyl (C=O) groups is 2. The number of rotatable bonds is 8. The lowest BCUT2D eigenvalue weighted by atomic mass is 10.2. The molecular formula is C12H22O4. The van der Waals surface area contributed by atoms with Crippen LogP contribution in [0.2, 0.25) is 0 Å². The van der Waals surface area contributed by atoms with E-state index in [4.69, 9.17) is 9.47 Å². The number of unbranched alkanes of at least 4 members (excludes halogenated alkanes) is 1. The summed E-state index contributed by atoms with van der Waals surface area (Å²) in [5.41, 5.74) is 0. The van der Waals surface area contributed by atoms with Gasteiger partial charge in [0.2, 0.25) is 0 Å². The van der Waals surface area contributed by atoms with Gasteiger partial charge in [-0.15, -0.1) is 0 Å². The Labute approximate surface area is 97.3 Å². The summed E-state index contributed by atoms with van der Waals surface area (Å²) in [5, 5.41) is 0. The summed E-state index contributed by atoms with van der Waals surface area (Å²) in [4.78, 5) is 22.2. The van der Waals surface area contributed by atoms with E-state index in [1.807, 2.05) is 20.8 Å². The maximum absolute atomic E-state index is 11.1. The molecule has 0 saturated carbocycles. The predicted molar refractivity (Wildman–Crippen MR) is 60.9 cm³/mol. The summed E-state index contributed by atoms with van der Waals surface area (Å²) in [5.74, 6) is -0.379. The van der Waals surface area contributed by atoms with Gasteiger partial charge in [0.25, 0.3) is 0 Å². The molecule has 0 aliphatic heterocycles. The van der Waals surface area contributed by atoms with E-state index < -0.39 is 0 Å². The quantitative estimate of drug-likeness (QED) is 0.475. The second-order valence-electron chi connectivity index (χ2n) is 3.97. The van der Waals surface area contributed by atoms with Crippen molar-refractivity contribution >= 4 is 11.9 Å². The average Bonchev–Trinajstić information content (AvgIpc) is 2.20. The van der Waals surface area contributed by atoms with Crippen molar-refractivity contribution < 1.29 is 19.1 Å². The average molecular weight is 230 g/mol. The van der Waals surface area contributed by atoms with Crippen LogP contribution in [-0.4, -0.2) is 24.6 Å². The highest BCUT2D eigenvalue weighted by Crippen LogP contribution is 2.04. The van der Waals surface area contributed by atoms with Crippen molar-refractivity contribution in [3.8, 4) is 0 Å². The minimum Gasteiger partial charge on any atom is -0.466 e. The van der Waals surface area contributed by atoms with Gasteiger partial charge in [-0.2, -0.15) is 0 Å². The molecule has 0 unspecified atom stereocenters. The molecule has 0 heterocycles. The molecule has 0 bridgehead atoms. The molecule has 0 aliphatic carbocycles. The lowest BCUT2D eigenvalue weighted by Gasteiger charge is -2.07. The first-order valence-corrected chi connectivity index (χ1v) is 5.91. The van der Waals surface area contributed by atoms with Crippen molar-refractivity contribution in [3.05, 3.63) is 0 Å². The van der Waals surface area contributed by atoms with Crippen molar-refractivity contribution in [2.45, 2.75) is 59.0 Å². The third kappa shape index (κ3) is 9.49. The highest BCUT2D eigenvalue weighted by molar-refractivity contribution is 5.70. The molecule has 0 fully saturated rings. The summed E-state index contributed by atoms with van der Waals surface area (Å²) < 4.78 is 9.87. The number of esters is 2. The molecule has 4 heteroatoms. The lowest BCUT2D eigenvalue weighted by molar-refractivity contribution is -0.148. The minimum absolute atomic E-state index is 0.0676. The van der Waals surface area contributed by atoms with E-state index in [9.17, 15) is 9.59 Å². The maximum Gasteiger partial charge on any atom is 0.306 e. The summed E-state index contributed by atoms with van der Waals surface area (Å²) in [6, 6.07) is 0. The van der Waals surface area contributed by atoms with Crippen LogP contribution in [0.4, 0.5) is 0 Å². The van der Waals surface area contributed by atoms with Crippen LogP contribution in [-0.2, 0) is 19.1 Å². The summed E-state index contributed by atoms with van der Waals surface area (Å²) in [7, 11) is 0. The van der Waals surface area contributed by atoms with E-state index >= 15 is 0 Å². The largest absolute Gasteiger partial charge is 0.466 e. The van der Waals surface area contributed by atoms with Crippen LogP contribution in [0.3, 0.4) is 0 Å². The van der Waals surface area contributed by atoms with Gasteiger partial charge in [0.1, 0.15) is 0 Å². The Morgan fingerprint density at radius 2 is 1.62 bits per heavy atom. The third-order valence-electron chi connectivity index (χ3n) is 1.85. The number of carbonyl (C=O) groups excluding carboxylic acids is 2. The van der Waals surface area contributed by atoms with Gasteiger partial charge in [-0.05, 0) is 33.1 Å². The first-order valence-electron chi connectivity index (χ1n) is 5.91. The predicted octanol–water partition coefficient (Wildman–Crippen LogP) is 2.45. The van der Waals surface area contributed by atoms with E-state index in [-0.39, 0.29) is 18.0 Å². The van der Waals surface area contributed by atoms with Gasteiger partial charge >= 0.3 is 11.9 Å².